The largest absolute Gasteiger partial charge is 0.465 e. The molecule has 0 fully saturated rings. The zero-order valence-corrected chi connectivity index (χ0v) is 15.3. The number of hydrogen-bond acceptors (Lipinski definition) is 4. The van der Waals surface area contributed by atoms with Crippen LogP contribution in [0, 0.1) is 5.92 Å². The lowest BCUT2D eigenvalue weighted by Gasteiger charge is -2.53. The van der Waals surface area contributed by atoms with Crippen LogP contribution >= 0.6 is 11.6 Å². The number of fused-ring (bicyclic) bond motifs is 1. The third-order valence-corrected chi connectivity index (χ3v) is 5.89. The Bertz CT molecular complexity index is 880. The van der Waals surface area contributed by atoms with Crippen LogP contribution in [0.3, 0.4) is 0 Å². The molecule has 5 heteroatoms. The van der Waals surface area contributed by atoms with Gasteiger partial charge in [-0.3, -0.25) is 4.79 Å². The highest BCUT2D eigenvalue weighted by Crippen LogP contribution is 2.60. The van der Waals surface area contributed by atoms with Crippen LogP contribution in [0.2, 0.25) is 5.02 Å². The molecule has 26 heavy (non-hydrogen) atoms. The molecule has 136 valence electrons. The number of halogens is 1. The summed E-state index contributed by atoms with van der Waals surface area (Å²) in [5.41, 5.74) is -0.661. The number of carbonyl (C=O) groups excluding carboxylic acids is 1. The molecule has 3 aliphatic rings. The average molecular weight is 373 g/mol. The molecule has 0 aliphatic heterocycles. The van der Waals surface area contributed by atoms with Gasteiger partial charge in [0.25, 0.3) is 0 Å². The van der Waals surface area contributed by atoms with Crippen LogP contribution in [0.4, 0.5) is 0 Å². The summed E-state index contributed by atoms with van der Waals surface area (Å²) in [4.78, 5) is 12.8. The first-order chi connectivity index (χ1) is 12.4. The lowest BCUT2D eigenvalue weighted by atomic mass is 9.54. The molecule has 5 rings (SSSR count). The van der Waals surface area contributed by atoms with Gasteiger partial charge in [0.2, 0.25) is 0 Å². The predicted octanol–water partition coefficient (Wildman–Crippen LogP) is 3.49. The van der Waals surface area contributed by atoms with E-state index in [0.717, 1.165) is 12.8 Å². The van der Waals surface area contributed by atoms with E-state index in [-0.39, 0.29) is 6.42 Å². The SMILES string of the molecule is CCCCOC(=O)C1CC2(O)c3ccccc3C1(O)c1ccc(Cl)cc12. The number of aliphatic hydroxyl groups is 2. The van der Waals surface area contributed by atoms with Crippen molar-refractivity contribution in [3.8, 4) is 0 Å². The van der Waals surface area contributed by atoms with Crippen molar-refractivity contribution in [3.63, 3.8) is 0 Å². The minimum Gasteiger partial charge on any atom is -0.465 e. The van der Waals surface area contributed by atoms with Crippen LogP contribution in [-0.2, 0) is 20.7 Å². The molecular weight excluding hydrogens is 352 g/mol. The van der Waals surface area contributed by atoms with Gasteiger partial charge in [-0.15, -0.1) is 0 Å². The summed E-state index contributed by atoms with van der Waals surface area (Å²) in [5, 5.41) is 23.8. The van der Waals surface area contributed by atoms with E-state index in [9.17, 15) is 15.0 Å². The summed E-state index contributed by atoms with van der Waals surface area (Å²) in [7, 11) is 0. The fraction of sp³-hybridized carbons (Fsp3) is 0.381. The van der Waals surface area contributed by atoms with Crippen molar-refractivity contribution in [1.82, 2.24) is 0 Å². The predicted molar refractivity (Wildman–Crippen MR) is 97.9 cm³/mol. The number of rotatable bonds is 4. The number of ether oxygens (including phenoxy) is 1. The lowest BCUT2D eigenvalue weighted by molar-refractivity contribution is -0.167. The Morgan fingerprint density at radius 3 is 2.58 bits per heavy atom. The van der Waals surface area contributed by atoms with Crippen molar-refractivity contribution in [2.75, 3.05) is 6.61 Å². The van der Waals surface area contributed by atoms with Gasteiger partial charge in [0.1, 0.15) is 11.2 Å². The molecule has 2 bridgehead atoms. The summed E-state index contributed by atoms with van der Waals surface area (Å²) in [6.07, 6.45) is 1.75. The maximum absolute atomic E-state index is 12.8. The Labute approximate surface area is 157 Å². The highest BCUT2D eigenvalue weighted by atomic mass is 35.5. The van der Waals surface area contributed by atoms with Crippen molar-refractivity contribution >= 4 is 17.6 Å². The summed E-state index contributed by atoms with van der Waals surface area (Å²) < 4.78 is 5.40. The van der Waals surface area contributed by atoms with Gasteiger partial charge >= 0.3 is 5.97 Å². The van der Waals surface area contributed by atoms with Gasteiger partial charge in [0.05, 0.1) is 12.5 Å². The Morgan fingerprint density at radius 1 is 1.15 bits per heavy atom. The quantitative estimate of drug-likeness (QED) is 0.637. The molecule has 0 saturated carbocycles. The summed E-state index contributed by atoms with van der Waals surface area (Å²) in [6.45, 7) is 2.33. The Hall–Kier alpha value is -1.88. The normalized spacial score (nSPS) is 28.4. The molecule has 4 nitrogen and oxygen atoms in total. The Morgan fingerprint density at radius 2 is 1.85 bits per heavy atom. The highest BCUT2D eigenvalue weighted by Gasteiger charge is 2.62. The van der Waals surface area contributed by atoms with E-state index in [0.29, 0.717) is 33.9 Å². The molecule has 2 aromatic carbocycles. The summed E-state index contributed by atoms with van der Waals surface area (Å²) in [6, 6.07) is 12.2. The molecule has 2 aromatic rings. The fourth-order valence-electron chi connectivity index (χ4n) is 4.37. The minimum atomic E-state index is -1.54. The van der Waals surface area contributed by atoms with E-state index in [1.165, 1.54) is 0 Å². The molecule has 0 saturated heterocycles. The van der Waals surface area contributed by atoms with Crippen molar-refractivity contribution in [2.24, 2.45) is 5.92 Å². The maximum Gasteiger partial charge on any atom is 0.312 e. The Kier molecular flexibility index (Phi) is 4.10. The molecule has 3 unspecified atom stereocenters. The van der Waals surface area contributed by atoms with Crippen LogP contribution < -0.4 is 0 Å². The topological polar surface area (TPSA) is 66.8 Å². The number of carbonyl (C=O) groups is 1. The van der Waals surface area contributed by atoms with E-state index in [1.54, 1.807) is 36.4 Å². The van der Waals surface area contributed by atoms with Gasteiger partial charge in [-0.1, -0.05) is 55.3 Å². The smallest absolute Gasteiger partial charge is 0.312 e. The first kappa shape index (κ1) is 17.5. The molecule has 0 amide bonds. The van der Waals surface area contributed by atoms with Crippen LogP contribution in [0.1, 0.15) is 48.4 Å². The molecule has 0 heterocycles. The Balaban J connectivity index is 1.88. The van der Waals surface area contributed by atoms with Crippen LogP contribution in [0.5, 0.6) is 0 Å². The highest BCUT2D eigenvalue weighted by molar-refractivity contribution is 6.30. The summed E-state index contributed by atoms with van der Waals surface area (Å²) >= 11 is 6.15. The molecule has 0 spiro atoms. The van der Waals surface area contributed by atoms with Crippen LogP contribution in [0.15, 0.2) is 42.5 Å². The van der Waals surface area contributed by atoms with Crippen LogP contribution in [-0.4, -0.2) is 22.8 Å². The van der Waals surface area contributed by atoms with E-state index >= 15 is 0 Å². The van der Waals surface area contributed by atoms with Gasteiger partial charge < -0.3 is 14.9 Å². The van der Waals surface area contributed by atoms with Crippen LogP contribution in [0.25, 0.3) is 0 Å². The van der Waals surface area contributed by atoms with Gasteiger partial charge in [0.15, 0.2) is 0 Å². The average Bonchev–Trinajstić information content (AvgIpc) is 2.64. The van der Waals surface area contributed by atoms with E-state index in [2.05, 4.69) is 0 Å². The van der Waals surface area contributed by atoms with Gasteiger partial charge in [-0.05, 0) is 40.8 Å². The van der Waals surface area contributed by atoms with Crippen molar-refractivity contribution < 1.29 is 19.7 Å². The van der Waals surface area contributed by atoms with Crippen molar-refractivity contribution in [1.29, 1.82) is 0 Å². The molecule has 2 N–H and O–H groups in total. The van der Waals surface area contributed by atoms with Crippen molar-refractivity contribution in [2.45, 2.75) is 37.4 Å². The van der Waals surface area contributed by atoms with Gasteiger partial charge in [-0.25, -0.2) is 0 Å². The lowest BCUT2D eigenvalue weighted by Crippen LogP contribution is -2.57. The van der Waals surface area contributed by atoms with Gasteiger partial charge in [0, 0.05) is 11.4 Å². The summed E-state index contributed by atoms with van der Waals surface area (Å²) in [5.74, 6) is -1.34. The second-order valence-corrected chi connectivity index (χ2v) is 7.58. The van der Waals surface area contributed by atoms with E-state index in [1.807, 2.05) is 13.0 Å². The molecule has 0 aromatic heterocycles. The standard InChI is InChI=1S/C21H21ClO4/c1-2-3-10-26-19(23)18-12-20(24)14-6-4-5-7-15(14)21(18,25)16-9-8-13(22)11-17(16)20/h4-9,11,18,24-25H,2-3,10,12H2,1H3. The molecule has 3 aliphatic carbocycles. The first-order valence-corrected chi connectivity index (χ1v) is 9.32. The first-order valence-electron chi connectivity index (χ1n) is 8.94. The van der Waals surface area contributed by atoms with Crippen molar-refractivity contribution in [3.05, 3.63) is 69.7 Å². The second kappa shape index (κ2) is 6.08. The third kappa shape index (κ3) is 2.26. The van der Waals surface area contributed by atoms with E-state index < -0.39 is 23.1 Å². The van der Waals surface area contributed by atoms with E-state index in [4.69, 9.17) is 16.3 Å². The van der Waals surface area contributed by atoms with Gasteiger partial charge in [-0.2, -0.15) is 0 Å². The maximum atomic E-state index is 12.8. The monoisotopic (exact) mass is 372 g/mol. The molecular formula is C21H21ClO4. The number of unbranched alkanes of at least 4 members (excludes halogenated alkanes) is 1. The fourth-order valence-corrected chi connectivity index (χ4v) is 4.54. The molecule has 3 atom stereocenters. The zero-order valence-electron chi connectivity index (χ0n) is 14.5. The minimum absolute atomic E-state index is 0.0683. The zero-order chi connectivity index (χ0) is 18.5. The number of benzene rings is 2. The number of esters is 1. The second-order valence-electron chi connectivity index (χ2n) is 7.14. The molecule has 0 radical (unpaired) electrons. The third-order valence-electron chi connectivity index (χ3n) is 5.65. The number of hydrogen-bond donors (Lipinski definition) is 2.